The van der Waals surface area contributed by atoms with Crippen molar-refractivity contribution in [1.82, 2.24) is 4.98 Å². The number of benzene rings is 1. The number of hydrogen-bond acceptors (Lipinski definition) is 4. The maximum Gasteiger partial charge on any atom is 0.362 e. The SMILES string of the molecule is CC(C)Nc1cccc(C(=O)Oc2cccc(F)c2)n1. The number of nitrogens with one attached hydrogen (secondary N) is 1. The fraction of sp³-hybridized carbons (Fsp3) is 0.200. The van der Waals surface area contributed by atoms with Crippen molar-refractivity contribution in [2.45, 2.75) is 19.9 Å². The Bertz CT molecular complexity index is 614. The Morgan fingerprint density at radius 3 is 2.70 bits per heavy atom. The highest BCUT2D eigenvalue weighted by atomic mass is 19.1. The van der Waals surface area contributed by atoms with Crippen molar-refractivity contribution in [3.63, 3.8) is 0 Å². The van der Waals surface area contributed by atoms with E-state index in [1.54, 1.807) is 18.2 Å². The molecule has 0 bridgehead atoms. The number of nitrogens with zero attached hydrogens (tertiary/aromatic N) is 1. The second kappa shape index (κ2) is 6.14. The van der Waals surface area contributed by atoms with E-state index in [9.17, 15) is 9.18 Å². The first kappa shape index (κ1) is 14.0. The molecule has 1 heterocycles. The Kier molecular flexibility index (Phi) is 4.30. The quantitative estimate of drug-likeness (QED) is 0.686. The zero-order valence-electron chi connectivity index (χ0n) is 11.3. The molecule has 1 N–H and O–H groups in total. The molecule has 20 heavy (non-hydrogen) atoms. The number of hydrogen-bond donors (Lipinski definition) is 1. The van der Waals surface area contributed by atoms with Crippen LogP contribution in [0.3, 0.4) is 0 Å². The van der Waals surface area contributed by atoms with Crippen LogP contribution in [-0.4, -0.2) is 17.0 Å². The van der Waals surface area contributed by atoms with Crippen molar-refractivity contribution in [2.75, 3.05) is 5.32 Å². The molecule has 2 rings (SSSR count). The average molecular weight is 274 g/mol. The zero-order valence-corrected chi connectivity index (χ0v) is 11.3. The molecule has 0 aliphatic heterocycles. The summed E-state index contributed by atoms with van der Waals surface area (Å²) in [6.07, 6.45) is 0. The van der Waals surface area contributed by atoms with Gasteiger partial charge in [-0.3, -0.25) is 0 Å². The monoisotopic (exact) mass is 274 g/mol. The molecule has 1 aromatic carbocycles. The number of carbonyl (C=O) groups is 1. The topological polar surface area (TPSA) is 51.2 Å². The molecule has 104 valence electrons. The summed E-state index contributed by atoms with van der Waals surface area (Å²) in [5.41, 5.74) is 0.167. The number of rotatable bonds is 4. The summed E-state index contributed by atoms with van der Waals surface area (Å²) in [5, 5.41) is 3.09. The molecule has 0 fully saturated rings. The van der Waals surface area contributed by atoms with Crippen LogP contribution in [0.15, 0.2) is 42.5 Å². The van der Waals surface area contributed by atoms with Gasteiger partial charge < -0.3 is 10.1 Å². The minimum Gasteiger partial charge on any atom is -0.422 e. The number of carbonyl (C=O) groups excluding carboxylic acids is 1. The van der Waals surface area contributed by atoms with Crippen molar-refractivity contribution in [3.8, 4) is 5.75 Å². The van der Waals surface area contributed by atoms with Gasteiger partial charge in [-0.05, 0) is 38.1 Å². The third-order valence-corrected chi connectivity index (χ3v) is 2.40. The molecule has 4 nitrogen and oxygen atoms in total. The molecule has 0 saturated heterocycles. The van der Waals surface area contributed by atoms with Gasteiger partial charge in [0.15, 0.2) is 5.69 Å². The molecule has 0 aliphatic carbocycles. The lowest BCUT2D eigenvalue weighted by molar-refractivity contribution is 0.0728. The van der Waals surface area contributed by atoms with E-state index >= 15 is 0 Å². The van der Waals surface area contributed by atoms with E-state index in [0.29, 0.717) is 5.82 Å². The Morgan fingerprint density at radius 2 is 2.00 bits per heavy atom. The summed E-state index contributed by atoms with van der Waals surface area (Å²) in [7, 11) is 0. The standard InChI is InChI=1S/C15H15FN2O2/c1-10(2)17-14-8-4-7-13(18-14)15(19)20-12-6-3-5-11(16)9-12/h3-10H,1-2H3,(H,17,18). The minimum absolute atomic E-state index is 0.152. The fourth-order valence-electron chi connectivity index (χ4n) is 1.61. The van der Waals surface area contributed by atoms with E-state index in [-0.39, 0.29) is 17.5 Å². The first-order valence-corrected chi connectivity index (χ1v) is 6.26. The van der Waals surface area contributed by atoms with Crippen LogP contribution >= 0.6 is 0 Å². The number of aromatic nitrogens is 1. The highest BCUT2D eigenvalue weighted by Crippen LogP contribution is 2.14. The highest BCUT2D eigenvalue weighted by molar-refractivity contribution is 5.89. The van der Waals surface area contributed by atoms with Crippen molar-refractivity contribution < 1.29 is 13.9 Å². The normalized spacial score (nSPS) is 10.4. The molecule has 2 aromatic rings. The Balaban J connectivity index is 2.13. The molecule has 0 atom stereocenters. The van der Waals surface area contributed by atoms with Gasteiger partial charge in [0.25, 0.3) is 0 Å². The maximum atomic E-state index is 13.0. The van der Waals surface area contributed by atoms with E-state index < -0.39 is 11.8 Å². The largest absolute Gasteiger partial charge is 0.422 e. The summed E-state index contributed by atoms with van der Waals surface area (Å²) in [6, 6.07) is 10.6. The van der Waals surface area contributed by atoms with Crippen molar-refractivity contribution in [3.05, 3.63) is 54.0 Å². The van der Waals surface area contributed by atoms with Crippen molar-refractivity contribution in [2.24, 2.45) is 0 Å². The highest BCUT2D eigenvalue weighted by Gasteiger charge is 2.11. The van der Waals surface area contributed by atoms with Gasteiger partial charge in [-0.1, -0.05) is 12.1 Å². The molecule has 0 unspecified atom stereocenters. The van der Waals surface area contributed by atoms with Crippen molar-refractivity contribution in [1.29, 1.82) is 0 Å². The van der Waals surface area contributed by atoms with Crippen LogP contribution in [-0.2, 0) is 0 Å². The third-order valence-electron chi connectivity index (χ3n) is 2.40. The van der Waals surface area contributed by atoms with Crippen LogP contribution in [0.1, 0.15) is 24.3 Å². The second-order valence-electron chi connectivity index (χ2n) is 4.55. The number of esters is 1. The lowest BCUT2D eigenvalue weighted by atomic mass is 10.3. The Morgan fingerprint density at radius 1 is 1.25 bits per heavy atom. The maximum absolute atomic E-state index is 13.0. The summed E-state index contributed by atoms with van der Waals surface area (Å²) in [4.78, 5) is 16.1. The molecular formula is C15H15FN2O2. The van der Waals surface area contributed by atoms with Crippen molar-refractivity contribution >= 4 is 11.8 Å². The average Bonchev–Trinajstić information content (AvgIpc) is 2.38. The van der Waals surface area contributed by atoms with Crippen LogP contribution in [0.25, 0.3) is 0 Å². The molecule has 5 heteroatoms. The molecule has 1 aromatic heterocycles. The van der Waals surface area contributed by atoms with E-state index in [2.05, 4.69) is 10.3 Å². The predicted molar refractivity (Wildman–Crippen MR) is 74.4 cm³/mol. The van der Waals surface area contributed by atoms with Crippen LogP contribution in [0.2, 0.25) is 0 Å². The van der Waals surface area contributed by atoms with Gasteiger partial charge in [-0.15, -0.1) is 0 Å². The van der Waals surface area contributed by atoms with Gasteiger partial charge in [0.1, 0.15) is 17.4 Å². The number of anilines is 1. The van der Waals surface area contributed by atoms with Crippen LogP contribution in [0, 0.1) is 5.82 Å². The molecule has 0 aliphatic rings. The Hall–Kier alpha value is -2.43. The first-order valence-electron chi connectivity index (χ1n) is 6.26. The second-order valence-corrected chi connectivity index (χ2v) is 4.55. The van der Waals surface area contributed by atoms with Gasteiger partial charge in [0.2, 0.25) is 0 Å². The third kappa shape index (κ3) is 3.78. The van der Waals surface area contributed by atoms with Gasteiger partial charge in [-0.2, -0.15) is 0 Å². The van der Waals surface area contributed by atoms with Gasteiger partial charge >= 0.3 is 5.97 Å². The summed E-state index contributed by atoms with van der Waals surface area (Å²) < 4.78 is 18.1. The fourth-order valence-corrected chi connectivity index (χ4v) is 1.61. The first-order chi connectivity index (χ1) is 9.54. The van der Waals surface area contributed by atoms with Gasteiger partial charge in [0, 0.05) is 12.1 Å². The van der Waals surface area contributed by atoms with E-state index in [1.807, 2.05) is 13.8 Å². The summed E-state index contributed by atoms with van der Waals surface area (Å²) >= 11 is 0. The summed E-state index contributed by atoms with van der Waals surface area (Å²) in [6.45, 7) is 3.94. The summed E-state index contributed by atoms with van der Waals surface area (Å²) in [5.74, 6) is -0.339. The molecule has 0 radical (unpaired) electrons. The van der Waals surface area contributed by atoms with Crippen LogP contribution in [0.4, 0.5) is 10.2 Å². The van der Waals surface area contributed by atoms with Crippen LogP contribution < -0.4 is 10.1 Å². The molecule has 0 saturated carbocycles. The Labute approximate surface area is 116 Å². The molecular weight excluding hydrogens is 259 g/mol. The number of ether oxygens (including phenoxy) is 1. The van der Waals surface area contributed by atoms with Gasteiger partial charge in [0.05, 0.1) is 0 Å². The molecule has 0 amide bonds. The zero-order chi connectivity index (χ0) is 14.5. The van der Waals surface area contributed by atoms with Crippen LogP contribution in [0.5, 0.6) is 5.75 Å². The number of pyridine rings is 1. The van der Waals surface area contributed by atoms with E-state index in [1.165, 1.54) is 18.2 Å². The predicted octanol–water partition coefficient (Wildman–Crippen LogP) is 3.26. The lowest BCUT2D eigenvalue weighted by Gasteiger charge is -2.10. The molecule has 0 spiro atoms. The number of halogens is 1. The van der Waals surface area contributed by atoms with Gasteiger partial charge in [-0.25, -0.2) is 14.2 Å². The smallest absolute Gasteiger partial charge is 0.362 e. The minimum atomic E-state index is -0.622. The van der Waals surface area contributed by atoms with E-state index in [4.69, 9.17) is 4.74 Å². The van der Waals surface area contributed by atoms with E-state index in [0.717, 1.165) is 6.07 Å². The lowest BCUT2D eigenvalue weighted by Crippen LogP contribution is -2.15.